The van der Waals surface area contributed by atoms with Crippen molar-refractivity contribution >= 4 is 11.8 Å². The molecule has 2 amide bonds. The Hall–Kier alpha value is -1.89. The molecule has 1 aliphatic heterocycles. The lowest BCUT2D eigenvalue weighted by atomic mass is 9.99. The van der Waals surface area contributed by atoms with Crippen LogP contribution in [0.4, 0.5) is 0 Å². The zero-order valence-corrected chi connectivity index (χ0v) is 18.5. The molecule has 29 heavy (non-hydrogen) atoms. The maximum absolute atomic E-state index is 13.2. The Balaban J connectivity index is 1.66. The van der Waals surface area contributed by atoms with Gasteiger partial charge in [-0.25, -0.2) is 0 Å². The van der Waals surface area contributed by atoms with Gasteiger partial charge in [-0.2, -0.15) is 5.10 Å². The van der Waals surface area contributed by atoms with Crippen LogP contribution in [0, 0.1) is 5.92 Å². The Bertz CT molecular complexity index is 714. The van der Waals surface area contributed by atoms with Gasteiger partial charge >= 0.3 is 0 Å². The summed E-state index contributed by atoms with van der Waals surface area (Å²) in [4.78, 5) is 29.0. The number of aromatic nitrogens is 2. The summed E-state index contributed by atoms with van der Waals surface area (Å²) < 4.78 is 0. The van der Waals surface area contributed by atoms with Crippen molar-refractivity contribution in [1.82, 2.24) is 25.3 Å². The predicted octanol–water partition coefficient (Wildman–Crippen LogP) is 2.26. The van der Waals surface area contributed by atoms with Gasteiger partial charge in [0.1, 0.15) is 0 Å². The van der Waals surface area contributed by atoms with Crippen LogP contribution in [-0.4, -0.2) is 64.0 Å². The van der Waals surface area contributed by atoms with Gasteiger partial charge < -0.3 is 15.1 Å². The summed E-state index contributed by atoms with van der Waals surface area (Å²) in [6, 6.07) is 0.600. The summed E-state index contributed by atoms with van der Waals surface area (Å²) in [5, 5.41) is 11.3. The highest BCUT2D eigenvalue weighted by Gasteiger charge is 2.31. The van der Waals surface area contributed by atoms with Crippen molar-refractivity contribution < 1.29 is 9.59 Å². The molecule has 0 spiro atoms. The van der Waals surface area contributed by atoms with Crippen LogP contribution in [0.25, 0.3) is 0 Å². The number of fused-ring (bicyclic) bond motifs is 1. The third-order valence-corrected chi connectivity index (χ3v) is 6.26. The molecule has 1 aromatic rings. The molecule has 1 saturated heterocycles. The highest BCUT2D eigenvalue weighted by Crippen LogP contribution is 2.24. The second-order valence-corrected chi connectivity index (χ2v) is 9.10. The number of H-pyrrole nitrogens is 1. The van der Waals surface area contributed by atoms with Crippen molar-refractivity contribution in [2.75, 3.05) is 20.1 Å². The highest BCUT2D eigenvalue weighted by atomic mass is 16.2. The maximum Gasteiger partial charge on any atom is 0.227 e. The van der Waals surface area contributed by atoms with Crippen LogP contribution in [-0.2, 0) is 29.0 Å². The van der Waals surface area contributed by atoms with Crippen LogP contribution in [0.1, 0.15) is 69.8 Å². The summed E-state index contributed by atoms with van der Waals surface area (Å²) in [7, 11) is 1.87. The van der Waals surface area contributed by atoms with Crippen LogP contribution in [0.3, 0.4) is 0 Å². The number of hydrogen-bond acceptors (Lipinski definition) is 4. The fraction of sp³-hybridized carbons (Fsp3) is 0.773. The second kappa shape index (κ2) is 9.74. The largest absolute Gasteiger partial charge is 0.341 e. The molecule has 2 aliphatic rings. The Labute approximate surface area is 174 Å². The molecule has 0 saturated carbocycles. The normalized spacial score (nSPS) is 22.7. The summed E-state index contributed by atoms with van der Waals surface area (Å²) in [5.74, 6) is 0.00718. The van der Waals surface area contributed by atoms with Gasteiger partial charge in [-0.15, -0.1) is 0 Å². The standard InChI is InChI=1S/C22H37N5O2/c1-15(2)23-18-11-10-17(12-27(13-18)16(3)28)22(29)26(4)14-21-19-8-6-5-7-9-20(19)24-25-21/h15,17-18,23H,5-14H2,1-4H3,(H,24,25)/t17-,18+/m1/s1. The van der Waals surface area contributed by atoms with E-state index in [4.69, 9.17) is 0 Å². The minimum Gasteiger partial charge on any atom is -0.341 e. The number of carbonyl (C=O) groups excluding carboxylic acids is 2. The van der Waals surface area contributed by atoms with E-state index in [0.717, 1.165) is 31.4 Å². The maximum atomic E-state index is 13.2. The second-order valence-electron chi connectivity index (χ2n) is 9.10. The number of carbonyl (C=O) groups is 2. The first-order valence-corrected chi connectivity index (χ1v) is 11.2. The first-order valence-electron chi connectivity index (χ1n) is 11.2. The molecule has 0 aromatic carbocycles. The van der Waals surface area contributed by atoms with Gasteiger partial charge in [-0.05, 0) is 44.1 Å². The van der Waals surface area contributed by atoms with Crippen LogP contribution in [0.15, 0.2) is 0 Å². The number of aryl methyl sites for hydroxylation is 1. The van der Waals surface area contributed by atoms with Crippen LogP contribution < -0.4 is 5.32 Å². The van der Waals surface area contributed by atoms with Crippen molar-refractivity contribution in [3.63, 3.8) is 0 Å². The van der Waals surface area contributed by atoms with E-state index in [1.165, 1.54) is 30.5 Å². The summed E-state index contributed by atoms with van der Waals surface area (Å²) in [5.41, 5.74) is 3.57. The number of nitrogens with one attached hydrogen (secondary N) is 2. The Kier molecular flexibility index (Phi) is 7.33. The molecule has 7 heteroatoms. The summed E-state index contributed by atoms with van der Waals surface area (Å²) in [6.45, 7) is 7.55. The van der Waals surface area contributed by atoms with E-state index < -0.39 is 0 Å². The molecule has 162 valence electrons. The lowest BCUT2D eigenvalue weighted by Crippen LogP contribution is -2.45. The first-order chi connectivity index (χ1) is 13.8. The predicted molar refractivity (Wildman–Crippen MR) is 113 cm³/mol. The van der Waals surface area contributed by atoms with E-state index in [-0.39, 0.29) is 23.8 Å². The van der Waals surface area contributed by atoms with Crippen LogP contribution >= 0.6 is 0 Å². The average Bonchev–Trinajstić information content (AvgIpc) is 2.85. The van der Waals surface area contributed by atoms with Crippen LogP contribution in [0.2, 0.25) is 0 Å². The summed E-state index contributed by atoms with van der Waals surface area (Å²) in [6.07, 6.45) is 7.47. The van der Waals surface area contributed by atoms with Crippen molar-refractivity contribution in [2.45, 2.75) is 84.3 Å². The van der Waals surface area contributed by atoms with Gasteiger partial charge in [0.15, 0.2) is 0 Å². The van der Waals surface area contributed by atoms with Crippen LogP contribution in [0.5, 0.6) is 0 Å². The van der Waals surface area contributed by atoms with Crippen molar-refractivity contribution in [3.05, 3.63) is 17.0 Å². The van der Waals surface area contributed by atoms with Crippen molar-refractivity contribution in [1.29, 1.82) is 0 Å². The molecule has 2 atom stereocenters. The lowest BCUT2D eigenvalue weighted by molar-refractivity contribution is -0.137. The average molecular weight is 404 g/mol. The minimum atomic E-state index is -0.152. The molecule has 2 N–H and O–H groups in total. The van der Waals surface area contributed by atoms with Gasteiger partial charge in [-0.3, -0.25) is 14.7 Å². The molecule has 0 radical (unpaired) electrons. The molecule has 1 aliphatic carbocycles. The van der Waals surface area contributed by atoms with E-state index in [0.29, 0.717) is 25.7 Å². The fourth-order valence-electron chi connectivity index (χ4n) is 4.73. The zero-order chi connectivity index (χ0) is 21.0. The number of rotatable bonds is 5. The minimum absolute atomic E-state index is 0.0422. The fourth-order valence-corrected chi connectivity index (χ4v) is 4.73. The Morgan fingerprint density at radius 1 is 1.21 bits per heavy atom. The van der Waals surface area contributed by atoms with Gasteiger partial charge in [-0.1, -0.05) is 20.3 Å². The molecule has 1 aromatic heterocycles. The van der Waals surface area contributed by atoms with E-state index >= 15 is 0 Å². The number of likely N-dealkylation sites (tertiary alicyclic amines) is 1. The summed E-state index contributed by atoms with van der Waals surface area (Å²) >= 11 is 0. The SMILES string of the molecule is CC(=O)N1C[C@@H](NC(C)C)CC[C@@H](C(=O)N(C)Cc2n[nH]c3c2CCCCC3)C1. The van der Waals surface area contributed by atoms with Gasteiger partial charge in [0.2, 0.25) is 11.8 Å². The lowest BCUT2D eigenvalue weighted by Gasteiger charge is -2.27. The third kappa shape index (κ3) is 5.59. The van der Waals surface area contributed by atoms with Gasteiger partial charge in [0.05, 0.1) is 18.2 Å². The topological polar surface area (TPSA) is 81.3 Å². The molecule has 7 nitrogen and oxygen atoms in total. The molecule has 0 unspecified atom stereocenters. The van der Waals surface area contributed by atoms with E-state index in [9.17, 15) is 9.59 Å². The van der Waals surface area contributed by atoms with Gasteiger partial charge in [0.25, 0.3) is 0 Å². The quantitative estimate of drug-likeness (QED) is 0.739. The molecular weight excluding hydrogens is 366 g/mol. The molecule has 0 bridgehead atoms. The molecule has 2 heterocycles. The van der Waals surface area contributed by atoms with E-state index in [1.54, 1.807) is 11.8 Å². The van der Waals surface area contributed by atoms with Gasteiger partial charge in [0, 0.05) is 44.8 Å². The van der Waals surface area contributed by atoms with E-state index in [1.807, 2.05) is 11.9 Å². The number of aromatic amines is 1. The molecule has 3 rings (SSSR count). The third-order valence-electron chi connectivity index (χ3n) is 6.26. The van der Waals surface area contributed by atoms with E-state index in [2.05, 4.69) is 29.4 Å². The molecular formula is C22H37N5O2. The zero-order valence-electron chi connectivity index (χ0n) is 18.5. The smallest absolute Gasteiger partial charge is 0.227 e. The van der Waals surface area contributed by atoms with Crippen molar-refractivity contribution in [2.24, 2.45) is 5.92 Å². The molecule has 1 fully saturated rings. The Morgan fingerprint density at radius 2 is 1.97 bits per heavy atom. The first kappa shape index (κ1) is 21.8. The highest BCUT2D eigenvalue weighted by molar-refractivity contribution is 5.80. The van der Waals surface area contributed by atoms with Crippen molar-refractivity contribution in [3.8, 4) is 0 Å². The number of hydrogen-bond donors (Lipinski definition) is 2. The monoisotopic (exact) mass is 403 g/mol. The number of nitrogens with zero attached hydrogens (tertiary/aromatic N) is 3. The Morgan fingerprint density at radius 3 is 2.69 bits per heavy atom. The number of amides is 2.